The van der Waals surface area contributed by atoms with Crippen LogP contribution in [0.25, 0.3) is 0 Å². The molecule has 2 heterocycles. The first-order chi connectivity index (χ1) is 11.9. The molecule has 146 valence electrons. The molecule has 0 aliphatic carbocycles. The largest absolute Gasteiger partial charge is 0.746 e. The number of ether oxygens (including phenoxy) is 1. The van der Waals surface area contributed by atoms with Crippen LogP contribution in [-0.4, -0.2) is 43.2 Å². The molecule has 1 aromatic rings. The number of aliphatic hydroxyl groups excluding tert-OH is 1. The van der Waals surface area contributed by atoms with E-state index in [1.165, 1.54) is 0 Å². The molecule has 0 radical (unpaired) electrons. The van der Waals surface area contributed by atoms with Crippen molar-refractivity contribution in [1.29, 1.82) is 0 Å². The van der Waals surface area contributed by atoms with E-state index in [0.717, 1.165) is 16.8 Å². The fourth-order valence-corrected chi connectivity index (χ4v) is 3.03. The fourth-order valence-electron chi connectivity index (χ4n) is 2.03. The lowest BCUT2D eigenvalue weighted by Crippen LogP contribution is -2.32. The highest BCUT2D eigenvalue weighted by Crippen LogP contribution is 2.43. The molecule has 0 spiro atoms. The summed E-state index contributed by atoms with van der Waals surface area (Å²) >= 11 is 15.5. The van der Waals surface area contributed by atoms with Crippen LogP contribution >= 0.6 is 42.6 Å². The number of carbonyl (C=O) groups excluding carboxylic acids is 1. The molecule has 26 heavy (non-hydrogen) atoms. The van der Waals surface area contributed by atoms with E-state index >= 15 is 0 Å². The number of halogens is 3. The van der Waals surface area contributed by atoms with Crippen LogP contribution in [0.1, 0.15) is 12.6 Å². The predicted molar refractivity (Wildman–Crippen MR) is 85.8 cm³/mol. The van der Waals surface area contributed by atoms with Crippen LogP contribution in [0.4, 0.5) is 0 Å². The Morgan fingerprint density at radius 2 is 2.15 bits per heavy atom. The number of aromatic amines is 1. The summed E-state index contributed by atoms with van der Waals surface area (Å²) < 4.78 is 23.7. The van der Waals surface area contributed by atoms with Gasteiger partial charge in [0.15, 0.2) is 0 Å². The zero-order valence-corrected chi connectivity index (χ0v) is 15.7. The first kappa shape index (κ1) is 21.4. The Labute approximate surface area is 160 Å². The summed E-state index contributed by atoms with van der Waals surface area (Å²) in [5.74, 6) is -1.69. The van der Waals surface area contributed by atoms with Crippen LogP contribution in [0.15, 0.2) is 21.9 Å². The maximum Gasteiger partial charge on any atom is 0.364 e. The number of carbonyl (C=O) groups is 1. The van der Waals surface area contributed by atoms with Gasteiger partial charge in [0.1, 0.15) is 12.3 Å². The zero-order valence-electron chi connectivity index (χ0n) is 12.5. The number of phosphoric acid groups is 1. The standard InChI is InChI=1S/C11H12Cl3N2O9P/c12-11(13,14)9(19)25-26(21,22)23-4-6-5(17)3-8(24-6)16-2-1-7(18)15-10(16)20/h1-2,5-6,8,17H,3-4H2,(H,21,22)(H,15,18,20)/p-1/t5-,6+,8+/m0/s1. The van der Waals surface area contributed by atoms with Gasteiger partial charge in [-0.15, -0.1) is 0 Å². The molecule has 11 nitrogen and oxygen atoms in total. The van der Waals surface area contributed by atoms with Gasteiger partial charge in [0.05, 0.1) is 12.7 Å². The van der Waals surface area contributed by atoms with E-state index in [0.29, 0.717) is 0 Å². The summed E-state index contributed by atoms with van der Waals surface area (Å²) in [6, 6.07) is 1.07. The summed E-state index contributed by atoms with van der Waals surface area (Å²) in [4.78, 5) is 47.5. The average molecular weight is 453 g/mol. The molecule has 1 saturated heterocycles. The average Bonchev–Trinajstić information content (AvgIpc) is 2.84. The molecule has 1 aliphatic heterocycles. The van der Waals surface area contributed by atoms with Crippen molar-refractivity contribution < 1.29 is 33.1 Å². The molecule has 0 amide bonds. The van der Waals surface area contributed by atoms with Crippen molar-refractivity contribution in [3.63, 3.8) is 0 Å². The lowest BCUT2D eigenvalue weighted by molar-refractivity contribution is -0.227. The van der Waals surface area contributed by atoms with Gasteiger partial charge >= 0.3 is 19.5 Å². The van der Waals surface area contributed by atoms with Crippen molar-refractivity contribution in [2.24, 2.45) is 0 Å². The molecule has 2 rings (SSSR count). The second-order valence-electron chi connectivity index (χ2n) is 5.07. The van der Waals surface area contributed by atoms with Crippen molar-refractivity contribution in [3.8, 4) is 0 Å². The molecule has 1 unspecified atom stereocenters. The number of hydrogen-bond acceptors (Lipinski definition) is 9. The zero-order chi connectivity index (χ0) is 19.7. The fraction of sp³-hybridized carbons (Fsp3) is 0.545. The van der Waals surface area contributed by atoms with E-state index in [2.05, 4.69) is 9.05 Å². The molecule has 1 aliphatic rings. The van der Waals surface area contributed by atoms with E-state index in [1.54, 1.807) is 0 Å². The van der Waals surface area contributed by atoms with E-state index in [1.807, 2.05) is 4.98 Å². The van der Waals surface area contributed by atoms with Crippen molar-refractivity contribution in [1.82, 2.24) is 9.55 Å². The van der Waals surface area contributed by atoms with Gasteiger partial charge in [0.25, 0.3) is 9.35 Å². The molecule has 2 N–H and O–H groups in total. The van der Waals surface area contributed by atoms with Crippen LogP contribution in [0.5, 0.6) is 0 Å². The molecular weight excluding hydrogens is 441 g/mol. The second-order valence-corrected chi connectivity index (χ2v) is 8.69. The Balaban J connectivity index is 1.98. The topological polar surface area (TPSA) is 160 Å². The number of hydrogen-bond donors (Lipinski definition) is 2. The van der Waals surface area contributed by atoms with Crippen molar-refractivity contribution >= 4 is 48.6 Å². The number of alkyl halides is 3. The first-order valence-corrected chi connectivity index (χ1v) is 9.40. The number of H-pyrrole nitrogens is 1. The maximum absolute atomic E-state index is 11.7. The highest BCUT2D eigenvalue weighted by molar-refractivity contribution is 7.46. The molecule has 1 aromatic heterocycles. The van der Waals surface area contributed by atoms with Crippen LogP contribution in [0.2, 0.25) is 0 Å². The Hall–Kier alpha value is -0.910. The molecule has 15 heteroatoms. The van der Waals surface area contributed by atoms with Gasteiger partial charge in [0, 0.05) is 18.7 Å². The molecule has 0 bridgehead atoms. The van der Waals surface area contributed by atoms with E-state index in [9.17, 15) is 28.9 Å². The summed E-state index contributed by atoms with van der Waals surface area (Å²) in [7, 11) is -5.19. The minimum atomic E-state index is -5.19. The number of nitrogens with one attached hydrogen (secondary N) is 1. The predicted octanol–water partition coefficient (Wildman–Crippen LogP) is -0.417. The van der Waals surface area contributed by atoms with Gasteiger partial charge in [-0.05, 0) is 0 Å². The van der Waals surface area contributed by atoms with Crippen molar-refractivity contribution in [2.45, 2.75) is 28.6 Å². The Morgan fingerprint density at radius 1 is 1.50 bits per heavy atom. The summed E-state index contributed by atoms with van der Waals surface area (Å²) in [6.07, 6.45) is -2.28. The molecule has 1 fully saturated rings. The van der Waals surface area contributed by atoms with Crippen LogP contribution in [0.3, 0.4) is 0 Å². The second kappa shape index (κ2) is 7.99. The molecule has 0 aromatic carbocycles. The third-order valence-corrected chi connectivity index (χ3v) is 4.51. The number of rotatable bonds is 5. The van der Waals surface area contributed by atoms with Gasteiger partial charge in [-0.2, -0.15) is 0 Å². The van der Waals surface area contributed by atoms with Crippen LogP contribution < -0.4 is 16.1 Å². The lowest BCUT2D eigenvalue weighted by atomic mass is 10.2. The highest BCUT2D eigenvalue weighted by atomic mass is 35.6. The van der Waals surface area contributed by atoms with Crippen LogP contribution in [-0.2, 0) is 23.1 Å². The summed E-state index contributed by atoms with van der Waals surface area (Å²) in [6.45, 7) is -0.732. The van der Waals surface area contributed by atoms with Crippen LogP contribution in [0, 0.1) is 0 Å². The highest BCUT2D eigenvalue weighted by Gasteiger charge is 2.38. The molecule has 4 atom stereocenters. The number of nitrogens with zero attached hydrogens (tertiary/aromatic N) is 1. The van der Waals surface area contributed by atoms with Gasteiger partial charge in [-0.3, -0.25) is 18.9 Å². The molecular formula is C11H11Cl3N2O9P-. The quantitative estimate of drug-likeness (QED) is 0.447. The van der Waals surface area contributed by atoms with Gasteiger partial charge in [0.2, 0.25) is 0 Å². The monoisotopic (exact) mass is 451 g/mol. The number of aliphatic hydroxyl groups is 1. The summed E-state index contributed by atoms with van der Waals surface area (Å²) in [5.41, 5.74) is -1.39. The lowest BCUT2D eigenvalue weighted by Gasteiger charge is -2.25. The minimum absolute atomic E-state index is 0.0862. The normalized spacial score (nSPS) is 25.7. The number of aromatic nitrogens is 2. The third kappa shape index (κ3) is 5.54. The number of phosphoric ester groups is 1. The van der Waals surface area contributed by atoms with E-state index < -0.39 is 53.9 Å². The van der Waals surface area contributed by atoms with E-state index in [4.69, 9.17) is 39.5 Å². The maximum atomic E-state index is 11.7. The summed E-state index contributed by atoms with van der Waals surface area (Å²) in [5, 5.41) is 9.92. The van der Waals surface area contributed by atoms with Crippen molar-refractivity contribution in [3.05, 3.63) is 33.1 Å². The van der Waals surface area contributed by atoms with Gasteiger partial charge in [-0.1, -0.05) is 34.8 Å². The van der Waals surface area contributed by atoms with Crippen molar-refractivity contribution in [2.75, 3.05) is 6.61 Å². The Kier molecular flexibility index (Phi) is 6.57. The van der Waals surface area contributed by atoms with Gasteiger partial charge in [-0.25, -0.2) is 9.59 Å². The Bertz CT molecular complexity index is 835. The third-order valence-electron chi connectivity index (χ3n) is 3.19. The smallest absolute Gasteiger partial charge is 0.364 e. The first-order valence-electron chi connectivity index (χ1n) is 6.80. The van der Waals surface area contributed by atoms with E-state index in [-0.39, 0.29) is 6.42 Å². The molecule has 0 saturated carbocycles. The van der Waals surface area contributed by atoms with Gasteiger partial charge < -0.3 is 23.8 Å². The minimum Gasteiger partial charge on any atom is -0.746 e. The SMILES string of the molecule is O=C(OP(=O)([O-])OC[C@H]1O[C@@H](n2ccc(=O)[nH]c2=O)C[C@@H]1O)C(Cl)(Cl)Cl. The Morgan fingerprint density at radius 3 is 2.73 bits per heavy atom.